The van der Waals surface area contributed by atoms with Crippen LogP contribution in [0.5, 0.6) is 0 Å². The van der Waals surface area contributed by atoms with Gasteiger partial charge >= 0.3 is 5.92 Å². The molecule has 9 aliphatic rings. The molecule has 0 radical (unpaired) electrons. The number of halogens is 5. The average Bonchev–Trinajstić information content (AvgIpc) is 1.66. The van der Waals surface area contributed by atoms with Crippen LogP contribution in [0.15, 0.2) is 0 Å². The number of nitrogens with zero attached hydrogens (tertiary/aromatic N) is 1. The number of rotatable bonds is 1. The van der Waals surface area contributed by atoms with E-state index in [1.807, 2.05) is 47.5 Å². The fourth-order valence-corrected chi connectivity index (χ4v) is 14.5. The van der Waals surface area contributed by atoms with Gasteiger partial charge in [-0.2, -0.15) is 8.78 Å². The van der Waals surface area contributed by atoms with Crippen molar-refractivity contribution in [2.45, 2.75) is 348 Å². The highest BCUT2D eigenvalue weighted by Crippen LogP contribution is 2.57. The minimum absolute atomic E-state index is 0.0814. The Labute approximate surface area is 560 Å². The second-order valence-electron chi connectivity index (χ2n) is 35.3. The molecule has 0 aromatic rings. The molecule has 0 spiro atoms. The van der Waals surface area contributed by atoms with Gasteiger partial charge in [0.15, 0.2) is 5.67 Å². The van der Waals surface area contributed by atoms with Gasteiger partial charge in [-0.1, -0.05) is 161 Å². The Kier molecular flexibility index (Phi) is 33.4. The Morgan fingerprint density at radius 2 is 0.879 bits per heavy atom. The van der Waals surface area contributed by atoms with Crippen molar-refractivity contribution in [3.05, 3.63) is 0 Å². The Balaban J connectivity index is 0.000000278. The molecule has 2 saturated carbocycles. The zero-order valence-electron chi connectivity index (χ0n) is 62.4. The highest BCUT2D eigenvalue weighted by molar-refractivity contribution is 5.19. The molecule has 12 atom stereocenters. The molecule has 1 aliphatic heterocycles. The quantitative estimate of drug-likeness (QED) is 0.187. The molecule has 0 saturated heterocycles. The van der Waals surface area contributed by atoms with Crippen molar-refractivity contribution in [3.63, 3.8) is 0 Å². The van der Waals surface area contributed by atoms with Gasteiger partial charge in [0.1, 0.15) is 0 Å². The lowest BCUT2D eigenvalue weighted by molar-refractivity contribution is -0.0977. The number of hydrogen-bond donors (Lipinski definition) is 0. The summed E-state index contributed by atoms with van der Waals surface area (Å²) >= 11 is 0. The van der Waals surface area contributed by atoms with E-state index in [1.165, 1.54) is 57.9 Å². The molecule has 1 heterocycles. The van der Waals surface area contributed by atoms with E-state index in [9.17, 15) is 22.0 Å². The highest BCUT2D eigenvalue weighted by Gasteiger charge is 2.50. The Hall–Kier alpha value is -3.47. The van der Waals surface area contributed by atoms with Crippen LogP contribution in [0, 0.1) is 175 Å². The van der Waals surface area contributed by atoms with Crippen LogP contribution < -0.4 is 0 Å². The number of hydrogen-bond acceptors (Lipinski definition) is 1. The van der Waals surface area contributed by atoms with Crippen LogP contribution in [0.1, 0.15) is 325 Å². The van der Waals surface area contributed by atoms with E-state index in [2.05, 4.69) is 186 Å². The van der Waals surface area contributed by atoms with Crippen LogP contribution >= 0.6 is 0 Å². The predicted octanol–water partition coefficient (Wildman–Crippen LogP) is 24.1. The van der Waals surface area contributed by atoms with Crippen LogP contribution in [0.3, 0.4) is 0 Å². The summed E-state index contributed by atoms with van der Waals surface area (Å²) in [5.41, 5.74) is -0.541. The molecule has 0 aromatic heterocycles. The first-order valence-electron chi connectivity index (χ1n) is 36.6. The first-order valence-corrected chi connectivity index (χ1v) is 36.6. The lowest BCUT2D eigenvalue weighted by atomic mass is 9.73. The van der Waals surface area contributed by atoms with Crippen LogP contribution in [0.4, 0.5) is 22.0 Å². The van der Waals surface area contributed by atoms with E-state index in [4.69, 9.17) is 0 Å². The molecular formula is C85H134F5N. The molecule has 8 aliphatic carbocycles. The van der Waals surface area contributed by atoms with Crippen molar-refractivity contribution in [1.82, 2.24) is 4.90 Å². The molecule has 1 nitrogen and oxygen atoms in total. The Morgan fingerprint density at radius 1 is 0.418 bits per heavy atom. The molecule has 9 rings (SSSR count). The van der Waals surface area contributed by atoms with Gasteiger partial charge < -0.3 is 0 Å². The summed E-state index contributed by atoms with van der Waals surface area (Å²) in [7, 11) is 0. The number of alkyl halides is 5. The standard InChI is InChI=1S/C14H22.C13H23N.2C12H18F2.C12H19F.C12H20.C10H14/c1-14(2,3)10-13-11-8-6-4-5-7-9-12(11)13;1-11-8-6-7-9-14(10-12(11)2)13(3,4)5;1-11(2,3)10-6-4-5-8-12(13,14)9-7-10;1-11(2,3)10-8-6-4-5-7-9-12(10,13)14;1-11(2,3)12(13)9-7-5-4-6-8-10-12;1-12(2,3)11-9-7-5-4-6-8-10-11;1-8-9-6-4-2-3-5-7-10(8)9/h11-13H,6-10H2,1-3H3;11-12H,7,9-10H2,1-5H3;10H,4,6-7,9H2,1-3H3;10H,4,6,8-9H2,1-3H3;4-7,9H2,1-3H3;11H,5,7-10H2,1-3H3;8-10H,4-7H2,1H3/t11-,12+,13?;;;;;;8?,9-,10+. The van der Waals surface area contributed by atoms with Crippen LogP contribution in [-0.2, 0) is 0 Å². The summed E-state index contributed by atoms with van der Waals surface area (Å²) in [6, 6.07) is 0. The molecule has 0 aromatic carbocycles. The maximum Gasteiger partial charge on any atom is 0.308 e. The van der Waals surface area contributed by atoms with Gasteiger partial charge in [-0.25, -0.2) is 13.2 Å². The minimum atomic E-state index is -2.76. The normalized spacial score (nSPS) is 30.9. The van der Waals surface area contributed by atoms with Gasteiger partial charge in [0.2, 0.25) is 0 Å². The topological polar surface area (TPSA) is 3.24 Å². The summed E-state index contributed by atoms with van der Waals surface area (Å²) < 4.78 is 67.8. The van der Waals surface area contributed by atoms with Gasteiger partial charge in [0, 0.05) is 107 Å². The largest absolute Gasteiger partial charge is 0.308 e. The molecular weight excluding hydrogens is 1130 g/mol. The SMILES string of the molecule is CC(C)(C)C1(F)C#CCCCCC1.CC(C)(C)C1CCC#CC(F)(F)CC1.CC(C)(C)C1CCC#CCCC1.CC(C)(C)C1CCCC#CCC1(F)F.CC(C)(C)CC1[C@H]2CCC#CCC[C@@H]12.CC1C#CCCN(C(C)(C)C)CC1C.CC1[C@H]2CCC#CCC[C@@H]12. The Morgan fingerprint density at radius 3 is 1.38 bits per heavy atom. The summed E-state index contributed by atoms with van der Waals surface area (Å²) in [5.74, 6) is 44.6. The first kappa shape index (κ1) is 81.8. The van der Waals surface area contributed by atoms with Gasteiger partial charge in [0.25, 0.3) is 5.92 Å². The van der Waals surface area contributed by atoms with E-state index >= 15 is 0 Å². The molecule has 6 heteroatoms. The van der Waals surface area contributed by atoms with Crippen molar-refractivity contribution < 1.29 is 22.0 Å². The Bertz CT molecular complexity index is 2590. The van der Waals surface area contributed by atoms with Crippen LogP contribution in [-0.4, -0.2) is 41.0 Å². The molecule has 0 bridgehead atoms. The second kappa shape index (κ2) is 37.2. The maximum atomic E-state index is 14.3. The third-order valence-corrected chi connectivity index (χ3v) is 21.3. The molecule has 0 amide bonds. The molecule has 91 heavy (non-hydrogen) atoms. The molecule has 0 N–H and O–H groups in total. The minimum Gasteiger partial charge on any atom is -0.297 e. The van der Waals surface area contributed by atoms with Crippen LogP contribution in [0.2, 0.25) is 0 Å². The van der Waals surface area contributed by atoms with E-state index in [1.54, 1.807) is 0 Å². The summed E-state index contributed by atoms with van der Waals surface area (Å²) in [4.78, 5) is 2.56. The van der Waals surface area contributed by atoms with Crippen molar-refractivity contribution in [1.29, 1.82) is 0 Å². The van der Waals surface area contributed by atoms with Gasteiger partial charge in [-0.3, -0.25) is 4.90 Å². The predicted molar refractivity (Wildman–Crippen MR) is 381 cm³/mol. The van der Waals surface area contributed by atoms with E-state index < -0.39 is 23.4 Å². The summed E-state index contributed by atoms with van der Waals surface area (Å²) in [6.07, 6.45) is 27.4. The summed E-state index contributed by atoms with van der Waals surface area (Å²) in [6.45, 7) is 48.1. The lowest BCUT2D eigenvalue weighted by Crippen LogP contribution is -2.45. The van der Waals surface area contributed by atoms with E-state index in [-0.39, 0.29) is 34.6 Å². The van der Waals surface area contributed by atoms with Gasteiger partial charge in [-0.05, 0) is 198 Å². The molecule has 8 unspecified atom stereocenters. The second-order valence-corrected chi connectivity index (χ2v) is 35.3. The summed E-state index contributed by atoms with van der Waals surface area (Å²) in [5, 5.41) is 0. The molecule has 2 fully saturated rings. The third-order valence-electron chi connectivity index (χ3n) is 21.3. The highest BCUT2D eigenvalue weighted by atomic mass is 19.3. The van der Waals surface area contributed by atoms with E-state index in [0.29, 0.717) is 54.3 Å². The lowest BCUT2D eigenvalue weighted by Gasteiger charge is -2.38. The van der Waals surface area contributed by atoms with Crippen molar-refractivity contribution >= 4 is 0 Å². The fourth-order valence-electron chi connectivity index (χ4n) is 14.5. The van der Waals surface area contributed by atoms with Crippen molar-refractivity contribution in [2.24, 2.45) is 92.2 Å². The zero-order valence-corrected chi connectivity index (χ0v) is 62.4. The fraction of sp³-hybridized carbons (Fsp3) is 0.835. The smallest absolute Gasteiger partial charge is 0.297 e. The first-order chi connectivity index (χ1) is 42.1. The average molecular weight is 1270 g/mol. The van der Waals surface area contributed by atoms with E-state index in [0.717, 1.165) is 138 Å². The molecule has 514 valence electrons. The monoisotopic (exact) mass is 1260 g/mol. The van der Waals surface area contributed by atoms with Crippen LogP contribution in [0.25, 0.3) is 0 Å². The van der Waals surface area contributed by atoms with Crippen molar-refractivity contribution in [3.8, 4) is 82.9 Å². The van der Waals surface area contributed by atoms with Gasteiger partial charge in [0.05, 0.1) is 6.42 Å². The van der Waals surface area contributed by atoms with Crippen molar-refractivity contribution in [2.75, 3.05) is 13.1 Å². The maximum absolute atomic E-state index is 14.3. The number of fused-ring (bicyclic) bond motifs is 2. The third kappa shape index (κ3) is 31.8. The van der Waals surface area contributed by atoms with Gasteiger partial charge in [-0.15, -0.1) is 47.4 Å². The zero-order chi connectivity index (χ0) is 68.5.